The SMILES string of the molecule is CCCCCC(NCCC)c1cncc(F)c1. The van der Waals surface area contributed by atoms with Gasteiger partial charge in [0.2, 0.25) is 0 Å². The molecule has 0 aromatic carbocycles. The highest BCUT2D eigenvalue weighted by Gasteiger charge is 2.11. The fraction of sp³-hybridized carbons (Fsp3) is 0.643. The van der Waals surface area contributed by atoms with Crippen LogP contribution in [0.15, 0.2) is 18.5 Å². The van der Waals surface area contributed by atoms with E-state index in [0.717, 1.165) is 24.9 Å². The van der Waals surface area contributed by atoms with E-state index >= 15 is 0 Å². The molecule has 0 spiro atoms. The molecule has 0 aliphatic carbocycles. The van der Waals surface area contributed by atoms with Crippen LogP contribution in [0.3, 0.4) is 0 Å². The molecule has 1 aromatic heterocycles. The summed E-state index contributed by atoms with van der Waals surface area (Å²) in [7, 11) is 0. The Morgan fingerprint density at radius 2 is 2.06 bits per heavy atom. The summed E-state index contributed by atoms with van der Waals surface area (Å²) in [4.78, 5) is 3.93. The first-order valence-corrected chi connectivity index (χ1v) is 6.61. The van der Waals surface area contributed by atoms with Gasteiger partial charge in [-0.25, -0.2) is 4.39 Å². The number of nitrogens with one attached hydrogen (secondary N) is 1. The van der Waals surface area contributed by atoms with E-state index in [1.807, 2.05) is 0 Å². The van der Waals surface area contributed by atoms with Crippen LogP contribution in [0.1, 0.15) is 57.6 Å². The highest BCUT2D eigenvalue weighted by molar-refractivity contribution is 5.15. The summed E-state index contributed by atoms with van der Waals surface area (Å²) >= 11 is 0. The fourth-order valence-electron chi connectivity index (χ4n) is 1.92. The lowest BCUT2D eigenvalue weighted by atomic mass is 10.0. The zero-order chi connectivity index (χ0) is 12.5. The molecule has 17 heavy (non-hydrogen) atoms. The molecule has 0 amide bonds. The van der Waals surface area contributed by atoms with Crippen LogP contribution in [0, 0.1) is 5.82 Å². The van der Waals surface area contributed by atoms with E-state index < -0.39 is 0 Å². The van der Waals surface area contributed by atoms with Crippen LogP contribution < -0.4 is 5.32 Å². The van der Waals surface area contributed by atoms with Gasteiger partial charge in [-0.15, -0.1) is 0 Å². The summed E-state index contributed by atoms with van der Waals surface area (Å²) in [5.74, 6) is -0.249. The van der Waals surface area contributed by atoms with Gasteiger partial charge in [0, 0.05) is 12.2 Å². The minimum absolute atomic E-state index is 0.240. The molecule has 0 bridgehead atoms. The van der Waals surface area contributed by atoms with Crippen molar-refractivity contribution in [3.8, 4) is 0 Å². The quantitative estimate of drug-likeness (QED) is 0.696. The van der Waals surface area contributed by atoms with Crippen molar-refractivity contribution in [3.63, 3.8) is 0 Å². The van der Waals surface area contributed by atoms with Gasteiger partial charge in [0.15, 0.2) is 0 Å². The lowest BCUT2D eigenvalue weighted by Gasteiger charge is -2.18. The second kappa shape index (κ2) is 8.18. The monoisotopic (exact) mass is 238 g/mol. The molecular weight excluding hydrogens is 215 g/mol. The first-order valence-electron chi connectivity index (χ1n) is 6.61. The van der Waals surface area contributed by atoms with Crippen LogP contribution >= 0.6 is 0 Å². The highest BCUT2D eigenvalue weighted by Crippen LogP contribution is 2.19. The second-order valence-corrected chi connectivity index (χ2v) is 4.44. The molecule has 3 heteroatoms. The number of hydrogen-bond donors (Lipinski definition) is 1. The van der Waals surface area contributed by atoms with Gasteiger partial charge in [-0.2, -0.15) is 0 Å². The number of aromatic nitrogens is 1. The van der Waals surface area contributed by atoms with Gasteiger partial charge in [0.25, 0.3) is 0 Å². The van der Waals surface area contributed by atoms with Gasteiger partial charge in [-0.05, 0) is 31.0 Å². The third kappa shape index (κ3) is 5.26. The maximum atomic E-state index is 13.1. The molecule has 0 saturated carbocycles. The molecular formula is C14H23FN2. The first kappa shape index (κ1) is 14.1. The van der Waals surface area contributed by atoms with Crippen molar-refractivity contribution in [1.29, 1.82) is 0 Å². The van der Waals surface area contributed by atoms with E-state index in [0.29, 0.717) is 0 Å². The fourth-order valence-corrected chi connectivity index (χ4v) is 1.92. The van der Waals surface area contributed by atoms with Crippen LogP contribution in [0.25, 0.3) is 0 Å². The molecule has 1 heterocycles. The van der Waals surface area contributed by atoms with Crippen LogP contribution in [0.2, 0.25) is 0 Å². The van der Waals surface area contributed by atoms with Crippen LogP contribution in [0.5, 0.6) is 0 Å². The van der Waals surface area contributed by atoms with E-state index in [9.17, 15) is 4.39 Å². The summed E-state index contributed by atoms with van der Waals surface area (Å²) < 4.78 is 13.1. The smallest absolute Gasteiger partial charge is 0.141 e. The standard InChI is InChI=1S/C14H23FN2/c1-3-5-6-7-14(17-8-4-2)12-9-13(15)11-16-10-12/h9-11,14,17H,3-8H2,1-2H3. The normalized spacial score (nSPS) is 12.6. The molecule has 0 saturated heterocycles. The Bertz CT molecular complexity index is 315. The number of unbranched alkanes of at least 4 members (excludes halogenated alkanes) is 2. The van der Waals surface area contributed by atoms with Gasteiger partial charge < -0.3 is 5.32 Å². The van der Waals surface area contributed by atoms with Crippen molar-refractivity contribution in [2.75, 3.05) is 6.54 Å². The third-order valence-electron chi connectivity index (χ3n) is 2.87. The molecule has 0 radical (unpaired) electrons. The lowest BCUT2D eigenvalue weighted by Crippen LogP contribution is -2.22. The van der Waals surface area contributed by atoms with Gasteiger partial charge in [-0.3, -0.25) is 4.98 Å². The van der Waals surface area contributed by atoms with E-state index in [4.69, 9.17) is 0 Å². The molecule has 1 rings (SSSR count). The van der Waals surface area contributed by atoms with Gasteiger partial charge in [0.1, 0.15) is 5.82 Å². The number of pyridine rings is 1. The molecule has 1 aromatic rings. The minimum Gasteiger partial charge on any atom is -0.310 e. The molecule has 96 valence electrons. The molecule has 1 unspecified atom stereocenters. The van der Waals surface area contributed by atoms with Crippen LogP contribution in [0.4, 0.5) is 4.39 Å². The van der Waals surface area contributed by atoms with E-state index in [2.05, 4.69) is 24.1 Å². The Balaban J connectivity index is 2.60. The van der Waals surface area contributed by atoms with Crippen molar-refractivity contribution in [3.05, 3.63) is 29.8 Å². The number of hydrogen-bond acceptors (Lipinski definition) is 2. The van der Waals surface area contributed by atoms with Crippen molar-refractivity contribution in [2.24, 2.45) is 0 Å². The van der Waals surface area contributed by atoms with Crippen molar-refractivity contribution >= 4 is 0 Å². The molecule has 1 N–H and O–H groups in total. The molecule has 0 fully saturated rings. The van der Waals surface area contributed by atoms with E-state index in [1.165, 1.54) is 25.5 Å². The Morgan fingerprint density at radius 1 is 1.24 bits per heavy atom. The lowest BCUT2D eigenvalue weighted by molar-refractivity contribution is 0.470. The summed E-state index contributed by atoms with van der Waals surface area (Å²) in [6.07, 6.45) is 8.78. The molecule has 2 nitrogen and oxygen atoms in total. The Kier molecular flexibility index (Phi) is 6.78. The Hall–Kier alpha value is -0.960. The topological polar surface area (TPSA) is 24.9 Å². The van der Waals surface area contributed by atoms with Gasteiger partial charge >= 0.3 is 0 Å². The Morgan fingerprint density at radius 3 is 2.71 bits per heavy atom. The number of halogens is 1. The van der Waals surface area contributed by atoms with Gasteiger partial charge in [0.05, 0.1) is 6.20 Å². The zero-order valence-corrected chi connectivity index (χ0v) is 10.9. The average Bonchev–Trinajstić information content (AvgIpc) is 2.33. The first-order chi connectivity index (χ1) is 8.27. The third-order valence-corrected chi connectivity index (χ3v) is 2.87. The molecule has 0 aliphatic heterocycles. The zero-order valence-electron chi connectivity index (χ0n) is 10.9. The second-order valence-electron chi connectivity index (χ2n) is 4.44. The van der Waals surface area contributed by atoms with Gasteiger partial charge in [-0.1, -0.05) is 33.1 Å². The summed E-state index contributed by atoms with van der Waals surface area (Å²) in [6.45, 7) is 5.30. The Labute approximate surface area is 104 Å². The van der Waals surface area contributed by atoms with E-state index in [1.54, 1.807) is 12.3 Å². The maximum Gasteiger partial charge on any atom is 0.141 e. The number of rotatable bonds is 8. The van der Waals surface area contributed by atoms with Crippen molar-refractivity contribution in [2.45, 2.75) is 52.0 Å². The predicted octanol–water partition coefficient (Wildman–Crippen LogP) is 3.84. The van der Waals surface area contributed by atoms with Crippen LogP contribution in [-0.2, 0) is 0 Å². The molecule has 0 aliphatic rings. The van der Waals surface area contributed by atoms with Crippen molar-refractivity contribution in [1.82, 2.24) is 10.3 Å². The predicted molar refractivity (Wildman–Crippen MR) is 69.4 cm³/mol. The van der Waals surface area contributed by atoms with Crippen molar-refractivity contribution < 1.29 is 4.39 Å². The molecule has 1 atom stereocenters. The van der Waals surface area contributed by atoms with Crippen LogP contribution in [-0.4, -0.2) is 11.5 Å². The maximum absolute atomic E-state index is 13.1. The minimum atomic E-state index is -0.249. The summed E-state index contributed by atoms with van der Waals surface area (Å²) in [6, 6.07) is 1.83. The van der Waals surface area contributed by atoms with E-state index in [-0.39, 0.29) is 11.9 Å². The summed E-state index contributed by atoms with van der Waals surface area (Å²) in [5, 5.41) is 3.47. The number of nitrogens with zero attached hydrogens (tertiary/aromatic N) is 1. The summed E-state index contributed by atoms with van der Waals surface area (Å²) in [5.41, 5.74) is 0.967. The largest absolute Gasteiger partial charge is 0.310 e. The highest BCUT2D eigenvalue weighted by atomic mass is 19.1. The average molecular weight is 238 g/mol.